The standard InChI is InChI=1S/C33H41F3N6.Pt/c1-8-12-23(10-3)25-18-27(39-29(20-25)41-16-14-37-22(41)5)32(6,7)28-19-26(24(11-4)13-9-2)21-30(40-28)42-17-15-38-31(42)33(34,35)36;/h14-15,18-21,23-24H,8-13H2,1-7H3;/q-2;+2. The largest absolute Gasteiger partial charge is 2.00 e. The first-order valence-electron chi connectivity index (χ1n) is 14.9. The summed E-state index contributed by atoms with van der Waals surface area (Å²) in [6, 6.07) is 8.05. The molecule has 0 amide bonds. The predicted octanol–water partition coefficient (Wildman–Crippen LogP) is 8.69. The maximum absolute atomic E-state index is 13.9. The first-order chi connectivity index (χ1) is 19.9. The number of halogens is 3. The molecule has 4 heterocycles. The molecule has 4 aromatic rings. The Hall–Kier alpha value is -2.80. The van der Waals surface area contributed by atoms with Crippen LogP contribution in [-0.2, 0) is 32.7 Å². The molecular formula is C33H41F3N6Pt. The van der Waals surface area contributed by atoms with Crippen LogP contribution >= 0.6 is 0 Å². The number of nitrogens with zero attached hydrogens (tertiary/aromatic N) is 6. The average Bonchev–Trinajstić information content (AvgIpc) is 3.63. The third-order valence-electron chi connectivity index (χ3n) is 8.21. The molecule has 0 aliphatic heterocycles. The van der Waals surface area contributed by atoms with Crippen molar-refractivity contribution in [1.29, 1.82) is 0 Å². The number of alkyl halides is 3. The molecule has 0 fully saturated rings. The van der Waals surface area contributed by atoms with Crippen LogP contribution in [0.2, 0.25) is 0 Å². The third kappa shape index (κ3) is 7.47. The second kappa shape index (κ2) is 14.3. The maximum atomic E-state index is 13.9. The number of aryl methyl sites for hydroxylation is 1. The average molecular weight is 774 g/mol. The van der Waals surface area contributed by atoms with Crippen LogP contribution in [0.3, 0.4) is 0 Å². The van der Waals surface area contributed by atoms with Crippen molar-refractivity contribution < 1.29 is 34.2 Å². The van der Waals surface area contributed by atoms with Crippen LogP contribution in [0.1, 0.15) is 126 Å². The van der Waals surface area contributed by atoms with Crippen LogP contribution < -0.4 is 0 Å². The van der Waals surface area contributed by atoms with Crippen molar-refractivity contribution in [2.45, 2.75) is 110 Å². The quantitative estimate of drug-likeness (QED) is 0.135. The summed E-state index contributed by atoms with van der Waals surface area (Å²) in [5, 5.41) is 0. The van der Waals surface area contributed by atoms with Gasteiger partial charge in [0.1, 0.15) is 5.82 Å². The zero-order chi connectivity index (χ0) is 30.7. The Morgan fingerprint density at radius 2 is 1.21 bits per heavy atom. The van der Waals surface area contributed by atoms with E-state index in [9.17, 15) is 13.2 Å². The zero-order valence-electron chi connectivity index (χ0n) is 26.0. The van der Waals surface area contributed by atoms with Gasteiger partial charge in [-0.3, -0.25) is 9.97 Å². The minimum atomic E-state index is -4.64. The van der Waals surface area contributed by atoms with Gasteiger partial charge in [0.25, 0.3) is 0 Å². The monoisotopic (exact) mass is 773 g/mol. The van der Waals surface area contributed by atoms with Crippen LogP contribution in [0.4, 0.5) is 13.2 Å². The first-order valence-corrected chi connectivity index (χ1v) is 14.9. The Balaban J connectivity index is 0.00000506. The van der Waals surface area contributed by atoms with Crippen molar-refractivity contribution in [3.05, 3.63) is 83.2 Å². The van der Waals surface area contributed by atoms with E-state index in [1.165, 1.54) is 5.56 Å². The fourth-order valence-electron chi connectivity index (χ4n) is 5.66. The van der Waals surface area contributed by atoms with Crippen LogP contribution in [0.15, 0.2) is 36.7 Å². The second-order valence-corrected chi connectivity index (χ2v) is 11.5. The maximum Gasteiger partial charge on any atom is 2.00 e. The van der Waals surface area contributed by atoms with Gasteiger partial charge in [-0.15, -0.1) is 0 Å². The first kappa shape index (κ1) is 34.7. The van der Waals surface area contributed by atoms with E-state index in [4.69, 9.17) is 9.97 Å². The molecule has 0 bridgehead atoms. The molecule has 4 aromatic heterocycles. The second-order valence-electron chi connectivity index (χ2n) is 11.5. The van der Waals surface area contributed by atoms with Crippen molar-refractivity contribution >= 4 is 0 Å². The molecule has 4 rings (SSSR count). The molecule has 0 aromatic carbocycles. The molecule has 0 saturated heterocycles. The molecule has 0 spiro atoms. The van der Waals surface area contributed by atoms with Gasteiger partial charge in [0.05, 0.1) is 0 Å². The van der Waals surface area contributed by atoms with Gasteiger partial charge in [-0.2, -0.15) is 13.2 Å². The summed E-state index contributed by atoms with van der Waals surface area (Å²) in [5.74, 6) is 1.12. The van der Waals surface area contributed by atoms with E-state index in [0.717, 1.165) is 72.2 Å². The number of rotatable bonds is 12. The van der Waals surface area contributed by atoms with Gasteiger partial charge in [-0.05, 0) is 75.9 Å². The summed E-state index contributed by atoms with van der Waals surface area (Å²) in [7, 11) is 0. The summed E-state index contributed by atoms with van der Waals surface area (Å²) in [6.45, 7) is 14.6. The molecule has 6 nitrogen and oxygen atoms in total. The zero-order valence-corrected chi connectivity index (χ0v) is 28.3. The number of hydrogen-bond donors (Lipinski definition) is 0. The van der Waals surface area contributed by atoms with Gasteiger partial charge >= 0.3 is 27.2 Å². The van der Waals surface area contributed by atoms with E-state index >= 15 is 0 Å². The third-order valence-corrected chi connectivity index (χ3v) is 8.21. The molecule has 234 valence electrons. The van der Waals surface area contributed by atoms with Crippen molar-refractivity contribution in [2.75, 3.05) is 0 Å². The minimum absolute atomic E-state index is 0. The van der Waals surface area contributed by atoms with Crippen molar-refractivity contribution in [2.24, 2.45) is 0 Å². The number of hydrogen-bond acceptors (Lipinski definition) is 4. The molecule has 0 saturated carbocycles. The summed E-state index contributed by atoms with van der Waals surface area (Å²) >= 11 is 0. The van der Waals surface area contributed by atoms with Gasteiger partial charge < -0.3 is 19.1 Å². The molecule has 0 N–H and O–H groups in total. The van der Waals surface area contributed by atoms with Crippen molar-refractivity contribution in [3.8, 4) is 11.6 Å². The Labute approximate surface area is 267 Å². The minimum Gasteiger partial charge on any atom is -0.451 e. The van der Waals surface area contributed by atoms with Crippen LogP contribution in [0.5, 0.6) is 0 Å². The summed E-state index contributed by atoms with van der Waals surface area (Å²) in [5.41, 5.74) is 2.82. The van der Waals surface area contributed by atoms with E-state index in [1.54, 1.807) is 12.3 Å². The van der Waals surface area contributed by atoms with E-state index < -0.39 is 17.4 Å². The van der Waals surface area contributed by atoms with Crippen LogP contribution in [-0.4, -0.2) is 29.1 Å². The Kier molecular flexibility index (Phi) is 11.6. The molecule has 2 unspecified atom stereocenters. The van der Waals surface area contributed by atoms with Crippen LogP contribution in [0.25, 0.3) is 11.6 Å². The van der Waals surface area contributed by atoms with Gasteiger partial charge in [0, 0.05) is 34.3 Å². The molecule has 2 atom stereocenters. The smallest absolute Gasteiger partial charge is 0.451 e. The fourth-order valence-corrected chi connectivity index (χ4v) is 5.66. The van der Waals surface area contributed by atoms with Gasteiger partial charge in [-0.25, -0.2) is 0 Å². The summed E-state index contributed by atoms with van der Waals surface area (Å²) in [6.07, 6.45) is 9.64. The Bertz CT molecular complexity index is 1490. The van der Waals surface area contributed by atoms with Crippen molar-refractivity contribution in [1.82, 2.24) is 29.1 Å². The number of pyridine rings is 2. The Morgan fingerprint density at radius 3 is 1.63 bits per heavy atom. The molecule has 10 heteroatoms. The SMILES string of the molecule is CCCC(CC)c1cc(-n2[c-]cnc2C)nc(C(C)(C)c2cc(C(CC)CCC)cc(-n3[c-]cnc3C(F)(F)F)n2)c1.[Pt+2]. The van der Waals surface area contributed by atoms with E-state index in [0.29, 0.717) is 11.6 Å². The van der Waals surface area contributed by atoms with E-state index in [1.807, 2.05) is 31.4 Å². The van der Waals surface area contributed by atoms with Crippen molar-refractivity contribution in [3.63, 3.8) is 0 Å². The normalized spacial score (nSPS) is 13.5. The molecule has 43 heavy (non-hydrogen) atoms. The number of aromatic nitrogens is 6. The molecule has 0 aliphatic rings. The predicted molar refractivity (Wildman–Crippen MR) is 158 cm³/mol. The topological polar surface area (TPSA) is 61.4 Å². The number of imidazole rings is 2. The summed E-state index contributed by atoms with van der Waals surface area (Å²) in [4.78, 5) is 17.8. The Morgan fingerprint density at radius 1 is 0.744 bits per heavy atom. The van der Waals surface area contributed by atoms with Gasteiger partial charge in [0.2, 0.25) is 0 Å². The summed E-state index contributed by atoms with van der Waals surface area (Å²) < 4.78 is 44.4. The van der Waals surface area contributed by atoms with Gasteiger partial charge in [0.15, 0.2) is 0 Å². The fraction of sp³-hybridized carbons (Fsp3) is 0.515. The molecule has 0 aliphatic carbocycles. The van der Waals surface area contributed by atoms with E-state index in [-0.39, 0.29) is 32.8 Å². The molecule has 0 radical (unpaired) electrons. The van der Waals surface area contributed by atoms with Crippen LogP contribution in [0, 0.1) is 19.3 Å². The van der Waals surface area contributed by atoms with Gasteiger partial charge in [-0.1, -0.05) is 83.1 Å². The molecular weight excluding hydrogens is 732 g/mol. The van der Waals surface area contributed by atoms with E-state index in [2.05, 4.69) is 62.2 Å².